The van der Waals surface area contributed by atoms with Gasteiger partial charge in [-0.25, -0.2) is 4.98 Å². The van der Waals surface area contributed by atoms with Gasteiger partial charge in [-0.2, -0.15) is 0 Å². The fraction of sp³-hybridized carbons (Fsp3) is 0.476. The summed E-state index contributed by atoms with van der Waals surface area (Å²) >= 11 is 0. The fourth-order valence-corrected chi connectivity index (χ4v) is 4.07. The van der Waals surface area contributed by atoms with Crippen molar-refractivity contribution in [3.63, 3.8) is 0 Å². The van der Waals surface area contributed by atoms with Crippen LogP contribution in [0.3, 0.4) is 0 Å². The van der Waals surface area contributed by atoms with Gasteiger partial charge in [0, 0.05) is 44.5 Å². The highest BCUT2D eigenvalue weighted by Crippen LogP contribution is 2.27. The molecule has 2 aliphatic rings. The van der Waals surface area contributed by atoms with E-state index in [9.17, 15) is 9.59 Å². The number of aromatic amines is 1. The SMILES string of the molecule is COc1ccc(-c2nc3c([nH]2)CN(C(=O)C2CCN(C(C)=O)CC2)CC3)cc1. The maximum absolute atomic E-state index is 13.0. The molecule has 1 saturated heterocycles. The Morgan fingerprint density at radius 3 is 2.46 bits per heavy atom. The molecule has 1 fully saturated rings. The summed E-state index contributed by atoms with van der Waals surface area (Å²) < 4.78 is 5.21. The molecule has 7 heteroatoms. The minimum atomic E-state index is 0.0149. The molecule has 2 aliphatic heterocycles. The Morgan fingerprint density at radius 1 is 1.11 bits per heavy atom. The first kappa shape index (κ1) is 18.5. The van der Waals surface area contributed by atoms with Gasteiger partial charge in [-0.3, -0.25) is 9.59 Å². The molecule has 2 amide bonds. The number of imidazole rings is 1. The number of methoxy groups -OCH3 is 1. The number of nitrogens with zero attached hydrogens (tertiary/aromatic N) is 3. The van der Waals surface area contributed by atoms with Crippen molar-refractivity contribution >= 4 is 11.8 Å². The lowest BCUT2D eigenvalue weighted by Gasteiger charge is -2.35. The van der Waals surface area contributed by atoms with Gasteiger partial charge in [0.05, 0.1) is 25.0 Å². The van der Waals surface area contributed by atoms with Gasteiger partial charge in [-0.15, -0.1) is 0 Å². The maximum atomic E-state index is 13.0. The molecule has 28 heavy (non-hydrogen) atoms. The molecule has 1 aromatic heterocycles. The van der Waals surface area contributed by atoms with E-state index in [0.717, 1.165) is 47.8 Å². The van der Waals surface area contributed by atoms with Crippen LogP contribution in [-0.2, 0) is 22.6 Å². The van der Waals surface area contributed by atoms with Gasteiger partial charge in [-0.1, -0.05) is 0 Å². The first-order chi connectivity index (χ1) is 13.5. The summed E-state index contributed by atoms with van der Waals surface area (Å²) in [6.45, 7) is 4.22. The van der Waals surface area contributed by atoms with Crippen LogP contribution in [0.2, 0.25) is 0 Å². The number of aromatic nitrogens is 2. The molecule has 0 saturated carbocycles. The van der Waals surface area contributed by atoms with Crippen LogP contribution in [0, 0.1) is 5.92 Å². The number of rotatable bonds is 3. The molecular formula is C21H26N4O3. The molecular weight excluding hydrogens is 356 g/mol. The first-order valence-electron chi connectivity index (χ1n) is 9.81. The van der Waals surface area contributed by atoms with Crippen molar-refractivity contribution in [2.75, 3.05) is 26.7 Å². The van der Waals surface area contributed by atoms with E-state index in [2.05, 4.69) is 4.98 Å². The summed E-state index contributed by atoms with van der Waals surface area (Å²) in [5, 5.41) is 0. The molecule has 0 unspecified atom stereocenters. The Hall–Kier alpha value is -2.83. The number of benzene rings is 1. The second kappa shape index (κ2) is 7.66. The fourth-order valence-electron chi connectivity index (χ4n) is 4.07. The average Bonchev–Trinajstić information content (AvgIpc) is 3.16. The van der Waals surface area contributed by atoms with Crippen LogP contribution >= 0.6 is 0 Å². The van der Waals surface area contributed by atoms with E-state index < -0.39 is 0 Å². The number of carbonyl (C=O) groups is 2. The van der Waals surface area contributed by atoms with Gasteiger partial charge in [0.25, 0.3) is 0 Å². The highest BCUT2D eigenvalue weighted by Gasteiger charge is 2.31. The Bertz CT molecular complexity index is 866. The zero-order chi connectivity index (χ0) is 19.7. The van der Waals surface area contributed by atoms with Crippen molar-refractivity contribution in [1.29, 1.82) is 0 Å². The Labute approximate surface area is 164 Å². The van der Waals surface area contributed by atoms with Crippen LogP contribution in [0.15, 0.2) is 24.3 Å². The number of hydrogen-bond donors (Lipinski definition) is 1. The third-order valence-electron chi connectivity index (χ3n) is 5.80. The van der Waals surface area contributed by atoms with Crippen molar-refractivity contribution in [3.8, 4) is 17.1 Å². The Balaban J connectivity index is 1.42. The van der Waals surface area contributed by atoms with E-state index >= 15 is 0 Å². The number of piperidine rings is 1. The highest BCUT2D eigenvalue weighted by atomic mass is 16.5. The van der Waals surface area contributed by atoms with Gasteiger partial charge >= 0.3 is 0 Å². The van der Waals surface area contributed by atoms with Gasteiger partial charge in [0.2, 0.25) is 11.8 Å². The summed E-state index contributed by atoms with van der Waals surface area (Å²) in [5.74, 6) is 1.96. The summed E-state index contributed by atoms with van der Waals surface area (Å²) in [5.41, 5.74) is 3.07. The third kappa shape index (κ3) is 3.61. The van der Waals surface area contributed by atoms with Crippen molar-refractivity contribution in [1.82, 2.24) is 19.8 Å². The zero-order valence-electron chi connectivity index (χ0n) is 16.4. The van der Waals surface area contributed by atoms with E-state index in [-0.39, 0.29) is 17.7 Å². The molecule has 2 aromatic rings. The molecule has 7 nitrogen and oxygen atoms in total. The smallest absolute Gasteiger partial charge is 0.226 e. The molecule has 4 rings (SSSR count). The van der Waals surface area contributed by atoms with Crippen LogP contribution in [0.25, 0.3) is 11.4 Å². The van der Waals surface area contributed by atoms with E-state index in [0.29, 0.717) is 26.2 Å². The van der Waals surface area contributed by atoms with Crippen molar-refractivity contribution in [2.24, 2.45) is 5.92 Å². The Kier molecular flexibility index (Phi) is 5.07. The molecule has 1 N–H and O–H groups in total. The molecule has 0 aliphatic carbocycles. The molecule has 0 atom stereocenters. The van der Waals surface area contributed by atoms with Crippen molar-refractivity contribution < 1.29 is 14.3 Å². The molecule has 1 aromatic carbocycles. The predicted molar refractivity (Wildman–Crippen MR) is 105 cm³/mol. The minimum Gasteiger partial charge on any atom is -0.497 e. The standard InChI is InChI=1S/C21H26N4O3/c1-14(26)24-10-7-16(8-11-24)21(27)25-12-9-18-19(13-25)23-20(22-18)15-3-5-17(28-2)6-4-15/h3-6,16H,7-13H2,1-2H3,(H,22,23). The van der Waals surface area contributed by atoms with Crippen LogP contribution in [-0.4, -0.2) is 58.3 Å². The molecule has 0 bridgehead atoms. The molecule has 148 valence electrons. The zero-order valence-corrected chi connectivity index (χ0v) is 16.4. The number of hydrogen-bond acceptors (Lipinski definition) is 4. The number of likely N-dealkylation sites (tertiary alicyclic amines) is 1. The highest BCUT2D eigenvalue weighted by molar-refractivity contribution is 5.80. The number of amides is 2. The molecule has 3 heterocycles. The lowest BCUT2D eigenvalue weighted by atomic mass is 9.94. The van der Waals surface area contributed by atoms with Gasteiger partial charge in [-0.05, 0) is 37.1 Å². The van der Waals surface area contributed by atoms with E-state index in [1.54, 1.807) is 14.0 Å². The van der Waals surface area contributed by atoms with Crippen LogP contribution in [0.1, 0.15) is 31.2 Å². The summed E-state index contributed by atoms with van der Waals surface area (Å²) in [6.07, 6.45) is 2.27. The lowest BCUT2D eigenvalue weighted by molar-refractivity contribution is -0.140. The topological polar surface area (TPSA) is 78.5 Å². The second-order valence-electron chi connectivity index (χ2n) is 7.53. The van der Waals surface area contributed by atoms with Gasteiger partial charge in [0.15, 0.2) is 0 Å². The number of nitrogens with one attached hydrogen (secondary N) is 1. The number of fused-ring (bicyclic) bond motifs is 1. The first-order valence-corrected chi connectivity index (χ1v) is 9.81. The van der Waals surface area contributed by atoms with Crippen molar-refractivity contribution in [3.05, 3.63) is 35.7 Å². The minimum absolute atomic E-state index is 0.0149. The lowest BCUT2D eigenvalue weighted by Crippen LogP contribution is -2.45. The van der Waals surface area contributed by atoms with E-state index in [1.807, 2.05) is 34.1 Å². The van der Waals surface area contributed by atoms with Crippen LogP contribution in [0.4, 0.5) is 0 Å². The molecule has 0 radical (unpaired) electrons. The number of H-pyrrole nitrogens is 1. The average molecular weight is 382 g/mol. The van der Waals surface area contributed by atoms with E-state index in [1.165, 1.54) is 0 Å². The Morgan fingerprint density at radius 2 is 1.82 bits per heavy atom. The second-order valence-corrected chi connectivity index (χ2v) is 7.53. The monoisotopic (exact) mass is 382 g/mol. The number of ether oxygens (including phenoxy) is 1. The predicted octanol–water partition coefficient (Wildman–Crippen LogP) is 2.23. The van der Waals surface area contributed by atoms with Gasteiger partial charge < -0.3 is 19.5 Å². The van der Waals surface area contributed by atoms with Crippen molar-refractivity contribution in [2.45, 2.75) is 32.7 Å². The molecule has 0 spiro atoms. The van der Waals surface area contributed by atoms with Crippen LogP contribution in [0.5, 0.6) is 5.75 Å². The quantitative estimate of drug-likeness (QED) is 0.883. The largest absolute Gasteiger partial charge is 0.497 e. The maximum Gasteiger partial charge on any atom is 0.226 e. The van der Waals surface area contributed by atoms with E-state index in [4.69, 9.17) is 9.72 Å². The summed E-state index contributed by atoms with van der Waals surface area (Å²) in [7, 11) is 1.65. The van der Waals surface area contributed by atoms with Crippen LogP contribution < -0.4 is 4.74 Å². The summed E-state index contributed by atoms with van der Waals surface area (Å²) in [6, 6.07) is 7.80. The van der Waals surface area contributed by atoms with Gasteiger partial charge in [0.1, 0.15) is 11.6 Å². The normalized spacial score (nSPS) is 17.4. The number of carbonyl (C=O) groups excluding carboxylic acids is 2. The summed E-state index contributed by atoms with van der Waals surface area (Å²) in [4.78, 5) is 36.3. The third-order valence-corrected chi connectivity index (χ3v) is 5.80.